The number of nitrogens with one attached hydrogen (secondary N) is 1. The predicted molar refractivity (Wildman–Crippen MR) is 80.4 cm³/mol. The van der Waals surface area contributed by atoms with Gasteiger partial charge in [-0.2, -0.15) is 0 Å². The van der Waals surface area contributed by atoms with Crippen molar-refractivity contribution in [2.24, 2.45) is 0 Å². The Morgan fingerprint density at radius 1 is 1.26 bits per heavy atom. The third-order valence-electron chi connectivity index (χ3n) is 4.59. The zero-order valence-electron chi connectivity index (χ0n) is 12.3. The summed E-state index contributed by atoms with van der Waals surface area (Å²) in [4.78, 5) is 0. The molecule has 1 aliphatic rings. The van der Waals surface area contributed by atoms with Gasteiger partial charge in [-0.1, -0.05) is 30.3 Å². The fourth-order valence-electron chi connectivity index (χ4n) is 3.06. The van der Waals surface area contributed by atoms with E-state index in [2.05, 4.69) is 42.7 Å². The van der Waals surface area contributed by atoms with Crippen molar-refractivity contribution >= 4 is 0 Å². The molecule has 19 heavy (non-hydrogen) atoms. The molecule has 1 fully saturated rings. The summed E-state index contributed by atoms with van der Waals surface area (Å²) >= 11 is 0. The van der Waals surface area contributed by atoms with Crippen molar-refractivity contribution in [1.82, 2.24) is 5.32 Å². The molecular weight excluding hydrogens is 234 g/mol. The van der Waals surface area contributed by atoms with E-state index in [-0.39, 0.29) is 5.60 Å². The van der Waals surface area contributed by atoms with E-state index in [4.69, 9.17) is 4.74 Å². The first-order chi connectivity index (χ1) is 9.28. The smallest absolute Gasteiger partial charge is 0.0693 e. The SMILES string of the molecule is CNC(CCCc1ccccc1)CC1(OC)CCC1. The lowest BCUT2D eigenvalue weighted by molar-refractivity contribution is -0.0835. The molecule has 0 heterocycles. The van der Waals surface area contributed by atoms with Gasteiger partial charge in [0.05, 0.1) is 5.60 Å². The van der Waals surface area contributed by atoms with Gasteiger partial charge in [0.2, 0.25) is 0 Å². The van der Waals surface area contributed by atoms with E-state index >= 15 is 0 Å². The molecule has 2 nitrogen and oxygen atoms in total. The van der Waals surface area contributed by atoms with Gasteiger partial charge in [0.25, 0.3) is 0 Å². The van der Waals surface area contributed by atoms with Gasteiger partial charge >= 0.3 is 0 Å². The van der Waals surface area contributed by atoms with Gasteiger partial charge in [0.1, 0.15) is 0 Å². The maximum absolute atomic E-state index is 5.73. The molecule has 0 aromatic heterocycles. The Morgan fingerprint density at radius 2 is 2.00 bits per heavy atom. The van der Waals surface area contributed by atoms with Crippen LogP contribution in [0.25, 0.3) is 0 Å². The van der Waals surface area contributed by atoms with Crippen molar-refractivity contribution in [2.75, 3.05) is 14.2 Å². The normalized spacial score (nSPS) is 18.8. The molecule has 0 bridgehead atoms. The standard InChI is InChI=1S/C17H27NO/c1-18-16(14-17(19-2)12-7-13-17)11-6-10-15-8-4-3-5-9-15/h3-5,8-9,16,18H,6-7,10-14H2,1-2H3. The Bertz CT molecular complexity index is 353. The van der Waals surface area contributed by atoms with E-state index in [9.17, 15) is 0 Å². The Morgan fingerprint density at radius 3 is 2.53 bits per heavy atom. The highest BCUT2D eigenvalue weighted by atomic mass is 16.5. The Balaban J connectivity index is 1.73. The lowest BCUT2D eigenvalue weighted by Crippen LogP contribution is -2.45. The largest absolute Gasteiger partial charge is 0.378 e. The van der Waals surface area contributed by atoms with Crippen LogP contribution >= 0.6 is 0 Å². The van der Waals surface area contributed by atoms with Crippen molar-refractivity contribution in [3.05, 3.63) is 35.9 Å². The first-order valence-electron chi connectivity index (χ1n) is 7.54. The maximum atomic E-state index is 5.73. The van der Waals surface area contributed by atoms with Crippen LogP contribution in [-0.4, -0.2) is 25.8 Å². The monoisotopic (exact) mass is 261 g/mol. The minimum absolute atomic E-state index is 0.181. The average Bonchev–Trinajstić information content (AvgIpc) is 2.42. The first kappa shape index (κ1) is 14.5. The van der Waals surface area contributed by atoms with Gasteiger partial charge in [0, 0.05) is 13.2 Å². The summed E-state index contributed by atoms with van der Waals surface area (Å²) < 4.78 is 5.73. The third kappa shape index (κ3) is 4.05. The van der Waals surface area contributed by atoms with Gasteiger partial charge in [0.15, 0.2) is 0 Å². The predicted octanol–water partition coefficient (Wildman–Crippen LogP) is 3.56. The quantitative estimate of drug-likeness (QED) is 0.772. The van der Waals surface area contributed by atoms with E-state index in [1.54, 1.807) is 0 Å². The van der Waals surface area contributed by atoms with Gasteiger partial charge < -0.3 is 10.1 Å². The first-order valence-corrected chi connectivity index (χ1v) is 7.54. The second-order valence-corrected chi connectivity index (χ2v) is 5.81. The number of rotatable bonds is 8. The van der Waals surface area contributed by atoms with Crippen LogP contribution in [0.5, 0.6) is 0 Å². The molecule has 2 rings (SSSR count). The lowest BCUT2D eigenvalue weighted by atomic mass is 9.75. The van der Waals surface area contributed by atoms with Crippen molar-refractivity contribution in [2.45, 2.75) is 56.6 Å². The number of benzene rings is 1. The van der Waals surface area contributed by atoms with Gasteiger partial charge in [-0.25, -0.2) is 0 Å². The second-order valence-electron chi connectivity index (χ2n) is 5.81. The molecule has 0 saturated heterocycles. The minimum atomic E-state index is 0.181. The summed E-state index contributed by atoms with van der Waals surface area (Å²) in [6.07, 6.45) is 8.62. The molecule has 1 N–H and O–H groups in total. The van der Waals surface area contributed by atoms with Crippen molar-refractivity contribution in [3.8, 4) is 0 Å². The van der Waals surface area contributed by atoms with Crippen molar-refractivity contribution < 1.29 is 4.74 Å². The summed E-state index contributed by atoms with van der Waals surface area (Å²) in [7, 11) is 3.95. The molecule has 1 saturated carbocycles. The average molecular weight is 261 g/mol. The summed E-state index contributed by atoms with van der Waals surface area (Å²) in [5, 5.41) is 3.47. The zero-order valence-corrected chi connectivity index (χ0v) is 12.3. The fourth-order valence-corrected chi connectivity index (χ4v) is 3.06. The second kappa shape index (κ2) is 7.06. The topological polar surface area (TPSA) is 21.3 Å². The Labute approximate surface area is 117 Å². The van der Waals surface area contributed by atoms with Crippen LogP contribution < -0.4 is 5.32 Å². The van der Waals surface area contributed by atoms with Crippen LogP contribution in [0.2, 0.25) is 0 Å². The number of hydrogen-bond acceptors (Lipinski definition) is 2. The van der Waals surface area contributed by atoms with E-state index in [0.717, 1.165) is 6.42 Å². The molecule has 0 spiro atoms. The van der Waals surface area contributed by atoms with Gasteiger partial charge in [-0.3, -0.25) is 0 Å². The molecular formula is C17H27NO. The number of aryl methyl sites for hydroxylation is 1. The highest BCUT2D eigenvalue weighted by Crippen LogP contribution is 2.39. The summed E-state index contributed by atoms with van der Waals surface area (Å²) in [5.74, 6) is 0. The molecule has 1 unspecified atom stereocenters. The van der Waals surface area contributed by atoms with Crippen LogP contribution in [0.4, 0.5) is 0 Å². The number of methoxy groups -OCH3 is 1. The minimum Gasteiger partial charge on any atom is -0.378 e. The van der Waals surface area contributed by atoms with Gasteiger partial charge in [-0.05, 0) is 57.6 Å². The van der Waals surface area contributed by atoms with E-state index in [1.165, 1.54) is 44.1 Å². The van der Waals surface area contributed by atoms with E-state index < -0.39 is 0 Å². The molecule has 1 aromatic carbocycles. The molecule has 0 aliphatic heterocycles. The fraction of sp³-hybridized carbons (Fsp3) is 0.647. The zero-order chi connectivity index (χ0) is 13.6. The Hall–Kier alpha value is -0.860. The van der Waals surface area contributed by atoms with Crippen molar-refractivity contribution in [1.29, 1.82) is 0 Å². The highest BCUT2D eigenvalue weighted by molar-refractivity contribution is 5.14. The summed E-state index contributed by atoms with van der Waals surface area (Å²) in [6, 6.07) is 11.4. The summed E-state index contributed by atoms with van der Waals surface area (Å²) in [6.45, 7) is 0. The molecule has 1 atom stereocenters. The maximum Gasteiger partial charge on any atom is 0.0693 e. The molecule has 1 aliphatic carbocycles. The summed E-state index contributed by atoms with van der Waals surface area (Å²) in [5.41, 5.74) is 1.63. The van der Waals surface area contributed by atoms with Crippen LogP contribution in [0, 0.1) is 0 Å². The van der Waals surface area contributed by atoms with Crippen LogP contribution in [-0.2, 0) is 11.2 Å². The molecule has 106 valence electrons. The van der Waals surface area contributed by atoms with Crippen LogP contribution in [0.1, 0.15) is 44.1 Å². The third-order valence-corrected chi connectivity index (χ3v) is 4.59. The molecule has 0 radical (unpaired) electrons. The van der Waals surface area contributed by atoms with Crippen LogP contribution in [0.15, 0.2) is 30.3 Å². The molecule has 1 aromatic rings. The number of hydrogen-bond donors (Lipinski definition) is 1. The number of ether oxygens (including phenoxy) is 1. The molecule has 0 amide bonds. The van der Waals surface area contributed by atoms with E-state index in [1.807, 2.05) is 7.11 Å². The highest BCUT2D eigenvalue weighted by Gasteiger charge is 2.38. The van der Waals surface area contributed by atoms with Crippen LogP contribution in [0.3, 0.4) is 0 Å². The van der Waals surface area contributed by atoms with Gasteiger partial charge in [-0.15, -0.1) is 0 Å². The molecule has 2 heteroatoms. The van der Waals surface area contributed by atoms with E-state index in [0.29, 0.717) is 6.04 Å². The van der Waals surface area contributed by atoms with Crippen molar-refractivity contribution in [3.63, 3.8) is 0 Å². The lowest BCUT2D eigenvalue weighted by Gasteiger charge is -2.42. The Kier molecular flexibility index (Phi) is 5.41.